The van der Waals surface area contributed by atoms with Gasteiger partial charge in [-0.05, 0) is 43.9 Å². The molecule has 0 aliphatic carbocycles. The predicted molar refractivity (Wildman–Crippen MR) is 76.9 cm³/mol. The van der Waals surface area contributed by atoms with Gasteiger partial charge in [-0.1, -0.05) is 43.1 Å². The smallest absolute Gasteiger partial charge is 0.0468 e. The second-order valence-electron chi connectivity index (χ2n) is 5.08. The number of nitrogens with one attached hydrogen (secondary N) is 1. The van der Waals surface area contributed by atoms with Crippen LogP contribution in [-0.2, 0) is 0 Å². The fourth-order valence-corrected chi connectivity index (χ4v) is 2.72. The Bertz CT molecular complexity index is 363. The highest BCUT2D eigenvalue weighted by Gasteiger charge is 2.13. The van der Waals surface area contributed by atoms with Crippen molar-refractivity contribution in [1.29, 1.82) is 0 Å². The van der Waals surface area contributed by atoms with Crippen LogP contribution in [0.1, 0.15) is 45.7 Å². The average molecular weight is 274 g/mol. The Morgan fingerprint density at radius 3 is 2.29 bits per heavy atom. The van der Waals surface area contributed by atoms with Crippen LogP contribution in [0.2, 0.25) is 10.0 Å². The van der Waals surface area contributed by atoms with Gasteiger partial charge in [0, 0.05) is 22.1 Å². The first-order valence-corrected chi connectivity index (χ1v) is 6.86. The molecule has 0 saturated heterocycles. The topological polar surface area (TPSA) is 12.0 Å². The van der Waals surface area contributed by atoms with Gasteiger partial charge in [0.2, 0.25) is 0 Å². The Morgan fingerprint density at radius 2 is 1.76 bits per heavy atom. The van der Waals surface area contributed by atoms with Gasteiger partial charge in [-0.3, -0.25) is 0 Å². The summed E-state index contributed by atoms with van der Waals surface area (Å²) in [5, 5.41) is 4.97. The van der Waals surface area contributed by atoms with Crippen molar-refractivity contribution in [3.05, 3.63) is 33.8 Å². The van der Waals surface area contributed by atoms with Crippen molar-refractivity contribution in [3.63, 3.8) is 0 Å². The highest BCUT2D eigenvalue weighted by Crippen LogP contribution is 2.26. The molecule has 17 heavy (non-hydrogen) atoms. The van der Waals surface area contributed by atoms with Crippen LogP contribution in [-0.4, -0.2) is 6.04 Å². The van der Waals surface area contributed by atoms with Crippen molar-refractivity contribution in [3.8, 4) is 0 Å². The number of hydrogen-bond acceptors (Lipinski definition) is 1. The lowest BCUT2D eigenvalue weighted by Gasteiger charge is -2.22. The molecular weight excluding hydrogens is 253 g/mol. The summed E-state index contributed by atoms with van der Waals surface area (Å²) < 4.78 is 0. The van der Waals surface area contributed by atoms with Crippen LogP contribution in [0.4, 0.5) is 0 Å². The van der Waals surface area contributed by atoms with Crippen molar-refractivity contribution in [2.75, 3.05) is 0 Å². The molecule has 1 rings (SSSR count). The van der Waals surface area contributed by atoms with Gasteiger partial charge < -0.3 is 5.32 Å². The number of benzene rings is 1. The Balaban J connectivity index is 2.66. The molecule has 0 bridgehead atoms. The molecule has 1 N–H and O–H groups in total. The van der Waals surface area contributed by atoms with E-state index in [1.165, 1.54) is 0 Å². The monoisotopic (exact) mass is 273 g/mol. The second-order valence-corrected chi connectivity index (χ2v) is 5.93. The van der Waals surface area contributed by atoms with E-state index in [1.807, 2.05) is 12.1 Å². The summed E-state index contributed by atoms with van der Waals surface area (Å²) in [6.07, 6.45) is 1.16. The van der Waals surface area contributed by atoms with Crippen LogP contribution in [0.15, 0.2) is 18.2 Å². The van der Waals surface area contributed by atoms with Crippen molar-refractivity contribution in [2.24, 2.45) is 5.92 Å². The molecule has 0 heterocycles. The standard InChI is InChI=1S/C14H21Cl2N/c1-9(2)7-10(3)17-11(4)13-6-5-12(15)8-14(13)16/h5-6,8-11,17H,7H2,1-4H3. The molecule has 1 nitrogen and oxygen atoms in total. The third-order valence-electron chi connectivity index (χ3n) is 2.79. The maximum absolute atomic E-state index is 6.19. The highest BCUT2D eigenvalue weighted by molar-refractivity contribution is 6.35. The summed E-state index contributed by atoms with van der Waals surface area (Å²) in [5.74, 6) is 0.699. The highest BCUT2D eigenvalue weighted by atomic mass is 35.5. The molecule has 2 atom stereocenters. The molecule has 1 aromatic carbocycles. The zero-order valence-corrected chi connectivity index (χ0v) is 12.4. The predicted octanol–water partition coefficient (Wildman–Crippen LogP) is 5.08. The van der Waals surface area contributed by atoms with E-state index in [4.69, 9.17) is 23.2 Å². The molecule has 0 amide bonds. The van der Waals surface area contributed by atoms with Gasteiger partial charge in [0.25, 0.3) is 0 Å². The molecule has 2 unspecified atom stereocenters. The second kappa shape index (κ2) is 6.63. The number of halogens is 2. The lowest BCUT2D eigenvalue weighted by molar-refractivity contribution is 0.407. The SMILES string of the molecule is CC(C)CC(C)NC(C)c1ccc(Cl)cc1Cl. The Labute approximate surface area is 115 Å². The average Bonchev–Trinajstić information content (AvgIpc) is 2.15. The third kappa shape index (κ3) is 4.87. The van der Waals surface area contributed by atoms with E-state index in [2.05, 4.69) is 33.0 Å². The van der Waals surface area contributed by atoms with Crippen LogP contribution in [0.3, 0.4) is 0 Å². The molecule has 0 radical (unpaired) electrons. The number of hydrogen-bond donors (Lipinski definition) is 1. The molecule has 0 aromatic heterocycles. The first-order chi connectivity index (χ1) is 7.90. The van der Waals surface area contributed by atoms with Gasteiger partial charge in [0.1, 0.15) is 0 Å². The van der Waals surface area contributed by atoms with Crippen LogP contribution in [0, 0.1) is 5.92 Å². The minimum Gasteiger partial charge on any atom is -0.308 e. The van der Waals surface area contributed by atoms with Gasteiger partial charge in [0.05, 0.1) is 0 Å². The fraction of sp³-hybridized carbons (Fsp3) is 0.571. The Hall–Kier alpha value is -0.240. The minimum absolute atomic E-state index is 0.244. The van der Waals surface area contributed by atoms with Gasteiger partial charge in [0.15, 0.2) is 0 Å². The van der Waals surface area contributed by atoms with E-state index in [1.54, 1.807) is 6.07 Å². The molecule has 1 aromatic rings. The van der Waals surface area contributed by atoms with E-state index < -0.39 is 0 Å². The lowest BCUT2D eigenvalue weighted by atomic mass is 10.0. The van der Waals surface area contributed by atoms with Crippen molar-refractivity contribution in [1.82, 2.24) is 5.32 Å². The maximum atomic E-state index is 6.19. The summed E-state index contributed by atoms with van der Waals surface area (Å²) in [7, 11) is 0. The molecule has 0 aliphatic heterocycles. The first-order valence-electron chi connectivity index (χ1n) is 6.11. The molecule has 96 valence electrons. The Morgan fingerprint density at radius 1 is 1.12 bits per heavy atom. The summed E-state index contributed by atoms with van der Waals surface area (Å²) in [5.41, 5.74) is 1.10. The Kier molecular flexibility index (Phi) is 5.78. The normalized spacial score (nSPS) is 15.0. The lowest BCUT2D eigenvalue weighted by Crippen LogP contribution is -2.30. The molecule has 0 fully saturated rings. The third-order valence-corrected chi connectivity index (χ3v) is 3.35. The van der Waals surface area contributed by atoms with Crippen LogP contribution in [0.5, 0.6) is 0 Å². The molecule has 0 aliphatic rings. The van der Waals surface area contributed by atoms with Crippen molar-refractivity contribution < 1.29 is 0 Å². The molecule has 3 heteroatoms. The number of rotatable bonds is 5. The zero-order chi connectivity index (χ0) is 13.0. The van der Waals surface area contributed by atoms with Crippen LogP contribution in [0.25, 0.3) is 0 Å². The van der Waals surface area contributed by atoms with Gasteiger partial charge >= 0.3 is 0 Å². The minimum atomic E-state index is 0.244. The van der Waals surface area contributed by atoms with Crippen LogP contribution >= 0.6 is 23.2 Å². The van der Waals surface area contributed by atoms with E-state index in [0.717, 1.165) is 17.0 Å². The summed E-state index contributed by atoms with van der Waals surface area (Å²) in [6, 6.07) is 6.40. The van der Waals surface area contributed by atoms with Crippen molar-refractivity contribution in [2.45, 2.75) is 46.2 Å². The van der Waals surface area contributed by atoms with E-state index in [-0.39, 0.29) is 6.04 Å². The quantitative estimate of drug-likeness (QED) is 0.789. The van der Waals surface area contributed by atoms with E-state index in [0.29, 0.717) is 17.0 Å². The summed E-state index contributed by atoms with van der Waals surface area (Å²) in [4.78, 5) is 0. The maximum Gasteiger partial charge on any atom is 0.0468 e. The molecule has 0 spiro atoms. The van der Waals surface area contributed by atoms with E-state index in [9.17, 15) is 0 Å². The van der Waals surface area contributed by atoms with Crippen molar-refractivity contribution >= 4 is 23.2 Å². The molecule has 0 saturated carbocycles. The zero-order valence-electron chi connectivity index (χ0n) is 10.9. The summed E-state index contributed by atoms with van der Waals surface area (Å²) in [6.45, 7) is 8.81. The van der Waals surface area contributed by atoms with Crippen LogP contribution < -0.4 is 5.32 Å². The van der Waals surface area contributed by atoms with Gasteiger partial charge in [-0.2, -0.15) is 0 Å². The molecular formula is C14H21Cl2N. The largest absolute Gasteiger partial charge is 0.308 e. The van der Waals surface area contributed by atoms with Gasteiger partial charge in [-0.25, -0.2) is 0 Å². The summed E-state index contributed by atoms with van der Waals surface area (Å²) >= 11 is 12.1. The van der Waals surface area contributed by atoms with E-state index >= 15 is 0 Å². The first kappa shape index (κ1) is 14.8. The van der Waals surface area contributed by atoms with Gasteiger partial charge in [-0.15, -0.1) is 0 Å². The fourth-order valence-electron chi connectivity index (χ4n) is 2.14.